The van der Waals surface area contributed by atoms with E-state index in [1.165, 1.54) is 19.3 Å². The largest absolute Gasteiger partial charge is 0.328 e. The van der Waals surface area contributed by atoms with Crippen molar-refractivity contribution in [3.8, 4) is 0 Å². The lowest BCUT2D eigenvalue weighted by Crippen LogP contribution is -2.14. The predicted molar refractivity (Wildman–Crippen MR) is 56.2 cm³/mol. The smallest absolute Gasteiger partial charge is 0.00135 e. The van der Waals surface area contributed by atoms with Crippen LogP contribution in [0.25, 0.3) is 0 Å². The van der Waals surface area contributed by atoms with Crippen molar-refractivity contribution in [1.29, 1.82) is 0 Å². The SMILES string of the molecule is CCC(CC)=C(C)CCC(C)N. The fourth-order valence-electron chi connectivity index (χ4n) is 1.47. The fraction of sp³-hybridized carbons (Fsp3) is 0.818. The quantitative estimate of drug-likeness (QED) is 0.628. The minimum Gasteiger partial charge on any atom is -0.328 e. The van der Waals surface area contributed by atoms with Gasteiger partial charge in [-0.3, -0.25) is 0 Å². The van der Waals surface area contributed by atoms with Crippen LogP contribution in [0, 0.1) is 0 Å². The maximum atomic E-state index is 5.70. The van der Waals surface area contributed by atoms with Gasteiger partial charge in [0.2, 0.25) is 0 Å². The Morgan fingerprint density at radius 1 is 1.25 bits per heavy atom. The molecule has 1 atom stereocenters. The summed E-state index contributed by atoms with van der Waals surface area (Å²) in [5.74, 6) is 0. The highest BCUT2D eigenvalue weighted by Crippen LogP contribution is 2.16. The van der Waals surface area contributed by atoms with Crippen molar-refractivity contribution in [3.05, 3.63) is 11.1 Å². The molecule has 1 nitrogen and oxygen atoms in total. The molecule has 2 N–H and O–H groups in total. The van der Waals surface area contributed by atoms with Gasteiger partial charge in [0.1, 0.15) is 0 Å². The second-order valence-electron chi connectivity index (χ2n) is 3.61. The molecule has 0 aliphatic rings. The van der Waals surface area contributed by atoms with Crippen LogP contribution in [0.5, 0.6) is 0 Å². The van der Waals surface area contributed by atoms with E-state index >= 15 is 0 Å². The Morgan fingerprint density at radius 2 is 1.75 bits per heavy atom. The van der Waals surface area contributed by atoms with E-state index in [1.807, 2.05) is 0 Å². The summed E-state index contributed by atoms with van der Waals surface area (Å²) in [6.45, 7) is 8.78. The molecule has 0 heterocycles. The van der Waals surface area contributed by atoms with E-state index in [4.69, 9.17) is 5.73 Å². The highest BCUT2D eigenvalue weighted by atomic mass is 14.6. The molecular weight excluding hydrogens is 146 g/mol. The van der Waals surface area contributed by atoms with Crippen LogP contribution in [0.3, 0.4) is 0 Å². The third-order valence-corrected chi connectivity index (χ3v) is 2.43. The van der Waals surface area contributed by atoms with Crippen LogP contribution in [-0.2, 0) is 0 Å². The van der Waals surface area contributed by atoms with E-state index in [2.05, 4.69) is 27.7 Å². The molecular formula is C11H23N. The molecule has 0 aliphatic heterocycles. The summed E-state index contributed by atoms with van der Waals surface area (Å²) in [5.41, 5.74) is 8.86. The van der Waals surface area contributed by atoms with E-state index in [9.17, 15) is 0 Å². The molecule has 72 valence electrons. The van der Waals surface area contributed by atoms with E-state index in [1.54, 1.807) is 11.1 Å². The number of rotatable bonds is 5. The van der Waals surface area contributed by atoms with Crippen LogP contribution < -0.4 is 5.73 Å². The molecule has 0 aromatic heterocycles. The fourth-order valence-corrected chi connectivity index (χ4v) is 1.47. The Morgan fingerprint density at radius 3 is 2.08 bits per heavy atom. The molecule has 0 fully saturated rings. The maximum Gasteiger partial charge on any atom is 0.00135 e. The van der Waals surface area contributed by atoms with Crippen molar-refractivity contribution in [2.75, 3.05) is 0 Å². The highest BCUT2D eigenvalue weighted by Gasteiger charge is 2.00. The van der Waals surface area contributed by atoms with Crippen LogP contribution in [0.2, 0.25) is 0 Å². The monoisotopic (exact) mass is 169 g/mol. The lowest BCUT2D eigenvalue weighted by atomic mass is 9.99. The topological polar surface area (TPSA) is 26.0 Å². The first kappa shape index (κ1) is 11.7. The summed E-state index contributed by atoms with van der Waals surface area (Å²) in [6, 6.07) is 0.343. The van der Waals surface area contributed by atoms with Crippen LogP contribution in [0.4, 0.5) is 0 Å². The van der Waals surface area contributed by atoms with Crippen molar-refractivity contribution in [1.82, 2.24) is 0 Å². The van der Waals surface area contributed by atoms with Crippen molar-refractivity contribution in [2.45, 2.75) is 59.4 Å². The third kappa shape index (κ3) is 4.55. The summed E-state index contributed by atoms with van der Waals surface area (Å²) in [6.07, 6.45) is 4.69. The van der Waals surface area contributed by atoms with Gasteiger partial charge in [-0.25, -0.2) is 0 Å². The van der Waals surface area contributed by atoms with Gasteiger partial charge in [0.05, 0.1) is 0 Å². The summed E-state index contributed by atoms with van der Waals surface area (Å²) in [4.78, 5) is 0. The van der Waals surface area contributed by atoms with Gasteiger partial charge in [-0.15, -0.1) is 0 Å². The zero-order valence-electron chi connectivity index (χ0n) is 8.98. The van der Waals surface area contributed by atoms with Gasteiger partial charge in [-0.2, -0.15) is 0 Å². The molecule has 12 heavy (non-hydrogen) atoms. The molecule has 0 radical (unpaired) electrons. The maximum absolute atomic E-state index is 5.70. The van der Waals surface area contributed by atoms with E-state index in [0.717, 1.165) is 6.42 Å². The summed E-state index contributed by atoms with van der Waals surface area (Å²) in [5, 5.41) is 0. The third-order valence-electron chi connectivity index (χ3n) is 2.43. The summed E-state index contributed by atoms with van der Waals surface area (Å²) < 4.78 is 0. The van der Waals surface area contributed by atoms with Gasteiger partial charge in [-0.05, 0) is 39.5 Å². The first-order chi connectivity index (χ1) is 5.61. The number of allylic oxidation sites excluding steroid dienone is 2. The molecule has 1 heteroatoms. The molecule has 0 bridgehead atoms. The Kier molecular flexibility index (Phi) is 6.09. The second-order valence-corrected chi connectivity index (χ2v) is 3.61. The van der Waals surface area contributed by atoms with Crippen LogP contribution in [0.1, 0.15) is 53.4 Å². The first-order valence-corrected chi connectivity index (χ1v) is 5.04. The standard InChI is InChI=1S/C11H23N/c1-5-11(6-2)9(3)7-8-10(4)12/h10H,5-8,12H2,1-4H3. The first-order valence-electron chi connectivity index (χ1n) is 5.04. The zero-order valence-corrected chi connectivity index (χ0v) is 8.98. The van der Waals surface area contributed by atoms with E-state index < -0.39 is 0 Å². The van der Waals surface area contributed by atoms with E-state index in [0.29, 0.717) is 6.04 Å². The Balaban J connectivity index is 3.96. The molecule has 0 rings (SSSR count). The predicted octanol–water partition coefficient (Wildman–Crippen LogP) is 3.25. The zero-order chi connectivity index (χ0) is 9.56. The molecule has 0 saturated carbocycles. The van der Waals surface area contributed by atoms with Gasteiger partial charge in [0.25, 0.3) is 0 Å². The van der Waals surface area contributed by atoms with Gasteiger partial charge >= 0.3 is 0 Å². The number of hydrogen-bond donors (Lipinski definition) is 1. The Bertz CT molecular complexity index is 139. The molecule has 0 aromatic carbocycles. The van der Waals surface area contributed by atoms with Gasteiger partial charge in [-0.1, -0.05) is 25.0 Å². The van der Waals surface area contributed by atoms with E-state index in [-0.39, 0.29) is 0 Å². The molecule has 1 unspecified atom stereocenters. The average Bonchev–Trinajstić information content (AvgIpc) is 2.03. The van der Waals surface area contributed by atoms with Crippen molar-refractivity contribution in [3.63, 3.8) is 0 Å². The minimum atomic E-state index is 0.343. The van der Waals surface area contributed by atoms with Gasteiger partial charge < -0.3 is 5.73 Å². The lowest BCUT2D eigenvalue weighted by molar-refractivity contribution is 0.656. The molecule has 0 aromatic rings. The van der Waals surface area contributed by atoms with Crippen molar-refractivity contribution < 1.29 is 0 Å². The van der Waals surface area contributed by atoms with Crippen LogP contribution >= 0.6 is 0 Å². The van der Waals surface area contributed by atoms with Gasteiger partial charge in [0, 0.05) is 6.04 Å². The van der Waals surface area contributed by atoms with Crippen molar-refractivity contribution in [2.24, 2.45) is 5.73 Å². The number of hydrogen-bond acceptors (Lipinski definition) is 1. The number of nitrogens with two attached hydrogens (primary N) is 1. The second kappa shape index (κ2) is 6.24. The summed E-state index contributed by atoms with van der Waals surface area (Å²) in [7, 11) is 0. The Hall–Kier alpha value is -0.300. The molecule has 0 aliphatic carbocycles. The summed E-state index contributed by atoms with van der Waals surface area (Å²) >= 11 is 0. The van der Waals surface area contributed by atoms with Crippen LogP contribution in [0.15, 0.2) is 11.1 Å². The van der Waals surface area contributed by atoms with Crippen LogP contribution in [-0.4, -0.2) is 6.04 Å². The van der Waals surface area contributed by atoms with Crippen molar-refractivity contribution >= 4 is 0 Å². The highest BCUT2D eigenvalue weighted by molar-refractivity contribution is 5.11. The molecule has 0 amide bonds. The molecule has 0 spiro atoms. The lowest BCUT2D eigenvalue weighted by Gasteiger charge is -2.09. The molecule has 0 saturated heterocycles. The Labute approximate surface area is 77.0 Å². The normalized spacial score (nSPS) is 12.8. The average molecular weight is 169 g/mol. The minimum absolute atomic E-state index is 0.343. The van der Waals surface area contributed by atoms with Gasteiger partial charge in [0.15, 0.2) is 0 Å².